The molecule has 80 valence electrons. The molecule has 0 amide bonds. The Morgan fingerprint density at radius 2 is 2.20 bits per heavy atom. The molecule has 1 atom stereocenters. The lowest BCUT2D eigenvalue weighted by Crippen LogP contribution is -2.26. The van der Waals surface area contributed by atoms with E-state index in [0.717, 1.165) is 12.1 Å². The molecule has 0 aliphatic rings. The summed E-state index contributed by atoms with van der Waals surface area (Å²) in [6.45, 7) is 2.16. The van der Waals surface area contributed by atoms with Gasteiger partial charge in [0.05, 0.1) is 12.1 Å². The molecule has 0 saturated heterocycles. The fourth-order valence-corrected chi connectivity index (χ4v) is 1.20. The topological polar surface area (TPSA) is 35.8 Å². The van der Waals surface area contributed by atoms with Crippen LogP contribution in [0.4, 0.5) is 8.78 Å². The molecule has 4 heteroatoms. The van der Waals surface area contributed by atoms with Crippen molar-refractivity contribution in [2.24, 2.45) is 0 Å². The number of rotatable bonds is 4. The summed E-state index contributed by atoms with van der Waals surface area (Å²) in [7, 11) is 0. The van der Waals surface area contributed by atoms with Crippen LogP contribution < -0.4 is 5.32 Å². The van der Waals surface area contributed by atoms with E-state index in [4.69, 9.17) is 5.26 Å². The zero-order valence-electron chi connectivity index (χ0n) is 8.43. The lowest BCUT2D eigenvalue weighted by atomic mass is 10.1. The SMILES string of the molecule is CC(C#N)NCCc1cc(F)ccc1F. The van der Waals surface area contributed by atoms with Gasteiger partial charge in [-0.05, 0) is 37.1 Å². The molecule has 1 aromatic rings. The molecule has 0 aromatic heterocycles. The molecule has 0 heterocycles. The Morgan fingerprint density at radius 3 is 2.87 bits per heavy atom. The van der Waals surface area contributed by atoms with Gasteiger partial charge in [0.15, 0.2) is 0 Å². The van der Waals surface area contributed by atoms with Gasteiger partial charge < -0.3 is 5.32 Å². The Morgan fingerprint density at radius 1 is 1.47 bits per heavy atom. The van der Waals surface area contributed by atoms with E-state index in [1.807, 2.05) is 6.07 Å². The van der Waals surface area contributed by atoms with Crippen LogP contribution in [-0.2, 0) is 6.42 Å². The van der Waals surface area contributed by atoms with Crippen LogP contribution in [0.5, 0.6) is 0 Å². The number of nitriles is 1. The van der Waals surface area contributed by atoms with E-state index in [-0.39, 0.29) is 6.04 Å². The van der Waals surface area contributed by atoms with E-state index in [1.54, 1.807) is 6.92 Å². The molecular weight excluding hydrogens is 198 g/mol. The normalized spacial score (nSPS) is 12.1. The minimum atomic E-state index is -0.445. The molecule has 15 heavy (non-hydrogen) atoms. The van der Waals surface area contributed by atoms with Crippen molar-refractivity contribution in [3.63, 3.8) is 0 Å². The average Bonchev–Trinajstić information content (AvgIpc) is 2.23. The van der Waals surface area contributed by atoms with Crippen LogP contribution in [0.1, 0.15) is 12.5 Å². The highest BCUT2D eigenvalue weighted by atomic mass is 19.1. The molecule has 0 radical (unpaired) electrons. The van der Waals surface area contributed by atoms with Gasteiger partial charge in [-0.25, -0.2) is 8.78 Å². The second kappa shape index (κ2) is 5.42. The number of hydrogen-bond donors (Lipinski definition) is 1. The second-order valence-electron chi connectivity index (χ2n) is 3.29. The largest absolute Gasteiger partial charge is 0.302 e. The summed E-state index contributed by atoms with van der Waals surface area (Å²) >= 11 is 0. The van der Waals surface area contributed by atoms with E-state index in [0.29, 0.717) is 18.5 Å². The van der Waals surface area contributed by atoms with E-state index in [9.17, 15) is 8.78 Å². The van der Waals surface area contributed by atoms with Gasteiger partial charge in [-0.1, -0.05) is 0 Å². The molecule has 1 rings (SSSR count). The number of benzene rings is 1. The van der Waals surface area contributed by atoms with Crippen molar-refractivity contribution in [2.45, 2.75) is 19.4 Å². The lowest BCUT2D eigenvalue weighted by molar-refractivity contribution is 0.572. The Hall–Kier alpha value is -1.47. The van der Waals surface area contributed by atoms with Gasteiger partial charge in [0, 0.05) is 6.54 Å². The summed E-state index contributed by atoms with van der Waals surface area (Å²) in [6.07, 6.45) is 0.371. The van der Waals surface area contributed by atoms with Crippen LogP contribution in [0.3, 0.4) is 0 Å². The van der Waals surface area contributed by atoms with Crippen LogP contribution in [0, 0.1) is 23.0 Å². The van der Waals surface area contributed by atoms with Crippen molar-refractivity contribution in [3.8, 4) is 6.07 Å². The smallest absolute Gasteiger partial charge is 0.126 e. The zero-order chi connectivity index (χ0) is 11.3. The van der Waals surface area contributed by atoms with Gasteiger partial charge in [-0.15, -0.1) is 0 Å². The fourth-order valence-electron chi connectivity index (χ4n) is 1.20. The molecule has 2 nitrogen and oxygen atoms in total. The van der Waals surface area contributed by atoms with Crippen molar-refractivity contribution >= 4 is 0 Å². The van der Waals surface area contributed by atoms with E-state index in [1.165, 1.54) is 6.07 Å². The van der Waals surface area contributed by atoms with E-state index >= 15 is 0 Å². The minimum absolute atomic E-state index is 0.276. The molecule has 0 fully saturated rings. The first-order chi connectivity index (χ1) is 7.13. The molecule has 0 aliphatic carbocycles. The first kappa shape index (κ1) is 11.6. The van der Waals surface area contributed by atoms with Crippen molar-refractivity contribution in [1.29, 1.82) is 5.26 Å². The standard InChI is InChI=1S/C11H12F2N2/c1-8(7-14)15-5-4-9-6-10(12)2-3-11(9)13/h2-3,6,8,15H,4-5H2,1H3. The zero-order valence-corrected chi connectivity index (χ0v) is 8.43. The van der Waals surface area contributed by atoms with Crippen LogP contribution in [0.15, 0.2) is 18.2 Å². The Bertz CT molecular complexity index is 371. The third kappa shape index (κ3) is 3.64. The van der Waals surface area contributed by atoms with Gasteiger partial charge in [0.1, 0.15) is 11.6 Å². The molecule has 0 saturated carbocycles. The predicted octanol–water partition coefficient (Wildman–Crippen LogP) is 2.01. The molecule has 0 bridgehead atoms. The minimum Gasteiger partial charge on any atom is -0.302 e. The van der Waals surface area contributed by atoms with E-state index in [2.05, 4.69) is 5.32 Å². The highest BCUT2D eigenvalue weighted by Gasteiger charge is 2.04. The first-order valence-electron chi connectivity index (χ1n) is 4.70. The predicted molar refractivity (Wildman–Crippen MR) is 53.1 cm³/mol. The van der Waals surface area contributed by atoms with Crippen molar-refractivity contribution in [1.82, 2.24) is 5.32 Å². The third-order valence-corrected chi connectivity index (χ3v) is 2.05. The van der Waals surface area contributed by atoms with Gasteiger partial charge >= 0.3 is 0 Å². The van der Waals surface area contributed by atoms with E-state index < -0.39 is 11.6 Å². The quantitative estimate of drug-likeness (QED) is 0.825. The van der Waals surface area contributed by atoms with Crippen LogP contribution in [0.25, 0.3) is 0 Å². The van der Waals surface area contributed by atoms with Crippen LogP contribution in [0.2, 0.25) is 0 Å². The molecule has 1 aromatic carbocycles. The van der Waals surface area contributed by atoms with Crippen LogP contribution in [-0.4, -0.2) is 12.6 Å². The summed E-state index contributed by atoms with van der Waals surface area (Å²) in [5.41, 5.74) is 0.327. The van der Waals surface area contributed by atoms with Gasteiger partial charge in [0.2, 0.25) is 0 Å². The molecule has 1 unspecified atom stereocenters. The second-order valence-corrected chi connectivity index (χ2v) is 3.29. The summed E-state index contributed by atoms with van der Waals surface area (Å²) < 4.78 is 25.9. The highest BCUT2D eigenvalue weighted by molar-refractivity contribution is 5.19. The summed E-state index contributed by atoms with van der Waals surface area (Å²) in [5, 5.41) is 11.4. The molecular formula is C11H12F2N2. The van der Waals surface area contributed by atoms with Gasteiger partial charge in [-0.3, -0.25) is 0 Å². The third-order valence-electron chi connectivity index (χ3n) is 2.05. The van der Waals surface area contributed by atoms with Crippen molar-refractivity contribution in [3.05, 3.63) is 35.4 Å². The first-order valence-corrected chi connectivity index (χ1v) is 4.70. The van der Waals surface area contributed by atoms with Crippen molar-refractivity contribution < 1.29 is 8.78 Å². The molecule has 0 spiro atoms. The maximum absolute atomic E-state index is 13.1. The van der Waals surface area contributed by atoms with Gasteiger partial charge in [-0.2, -0.15) is 5.26 Å². The monoisotopic (exact) mass is 210 g/mol. The van der Waals surface area contributed by atoms with Crippen LogP contribution >= 0.6 is 0 Å². The molecule has 1 N–H and O–H groups in total. The summed E-state index contributed by atoms with van der Waals surface area (Å²) in [4.78, 5) is 0. The number of halogens is 2. The Balaban J connectivity index is 2.51. The fraction of sp³-hybridized carbons (Fsp3) is 0.364. The number of nitrogens with one attached hydrogen (secondary N) is 1. The molecule has 0 aliphatic heterocycles. The van der Waals surface area contributed by atoms with Crippen molar-refractivity contribution in [2.75, 3.05) is 6.54 Å². The average molecular weight is 210 g/mol. The maximum Gasteiger partial charge on any atom is 0.126 e. The lowest BCUT2D eigenvalue weighted by Gasteiger charge is -2.06. The summed E-state index contributed by atoms with van der Waals surface area (Å²) in [5.74, 6) is -0.859. The summed E-state index contributed by atoms with van der Waals surface area (Å²) in [6, 6.07) is 5.09. The maximum atomic E-state index is 13.1. The number of hydrogen-bond acceptors (Lipinski definition) is 2. The Kier molecular flexibility index (Phi) is 4.19. The number of nitrogens with zero attached hydrogens (tertiary/aromatic N) is 1. The van der Waals surface area contributed by atoms with Gasteiger partial charge in [0.25, 0.3) is 0 Å². The Labute approximate surface area is 87.5 Å². The highest BCUT2D eigenvalue weighted by Crippen LogP contribution is 2.09.